The molecule has 1 N–H and O–H groups in total. The molecular formula is C20H22I2N2O3. The number of nitrogens with zero attached hydrogens (tertiary/aromatic N) is 1. The second-order valence-corrected chi connectivity index (χ2v) is 8.38. The summed E-state index contributed by atoms with van der Waals surface area (Å²) >= 11 is 4.48. The molecule has 144 valence electrons. The minimum atomic E-state index is -0.266. The zero-order chi connectivity index (χ0) is 19.8. The van der Waals surface area contributed by atoms with Crippen LogP contribution in [0.2, 0.25) is 0 Å². The van der Waals surface area contributed by atoms with E-state index in [2.05, 4.69) is 55.7 Å². The van der Waals surface area contributed by atoms with Gasteiger partial charge in [-0.25, -0.2) is 5.43 Å². The quantitative estimate of drug-likeness (QED) is 0.260. The van der Waals surface area contributed by atoms with Crippen molar-refractivity contribution in [3.63, 3.8) is 0 Å². The first-order chi connectivity index (χ1) is 12.9. The van der Waals surface area contributed by atoms with E-state index in [0.29, 0.717) is 12.2 Å². The van der Waals surface area contributed by atoms with Gasteiger partial charge in [0.05, 0.1) is 26.1 Å². The number of nitrogens with one attached hydrogen (secondary N) is 1. The Hall–Kier alpha value is -1.36. The molecule has 0 atom stereocenters. The molecule has 0 heterocycles. The molecule has 2 aromatic carbocycles. The molecule has 5 nitrogen and oxygen atoms in total. The summed E-state index contributed by atoms with van der Waals surface area (Å²) in [4.78, 5) is 12.2. The molecule has 0 aliphatic carbocycles. The van der Waals surface area contributed by atoms with Crippen LogP contribution in [0.5, 0.6) is 11.5 Å². The smallest absolute Gasteiger partial charge is 0.271 e. The van der Waals surface area contributed by atoms with E-state index in [-0.39, 0.29) is 12.0 Å². The van der Waals surface area contributed by atoms with Crippen LogP contribution >= 0.6 is 45.2 Å². The van der Waals surface area contributed by atoms with Crippen LogP contribution in [0.3, 0.4) is 0 Å². The van der Waals surface area contributed by atoms with Crippen LogP contribution in [0.1, 0.15) is 43.1 Å². The van der Waals surface area contributed by atoms with Crippen molar-refractivity contribution in [2.45, 2.75) is 33.3 Å². The number of ether oxygens (including phenoxy) is 2. The lowest BCUT2D eigenvalue weighted by molar-refractivity contribution is 0.0955. The maximum absolute atomic E-state index is 12.2. The van der Waals surface area contributed by atoms with Crippen LogP contribution in [0.15, 0.2) is 41.5 Å². The van der Waals surface area contributed by atoms with Crippen molar-refractivity contribution in [2.24, 2.45) is 5.10 Å². The Balaban J connectivity index is 1.99. The van der Waals surface area contributed by atoms with Gasteiger partial charge in [-0.2, -0.15) is 5.10 Å². The highest BCUT2D eigenvalue weighted by molar-refractivity contribution is 14.1. The van der Waals surface area contributed by atoms with Crippen molar-refractivity contribution >= 4 is 57.3 Å². The van der Waals surface area contributed by atoms with Crippen LogP contribution in [0, 0.1) is 7.14 Å². The Bertz CT molecular complexity index is 782. The molecule has 7 heteroatoms. The van der Waals surface area contributed by atoms with Crippen LogP contribution in [-0.4, -0.2) is 24.8 Å². The van der Waals surface area contributed by atoms with Crippen molar-refractivity contribution in [1.82, 2.24) is 5.43 Å². The lowest BCUT2D eigenvalue weighted by Crippen LogP contribution is -2.17. The highest BCUT2D eigenvalue weighted by atomic mass is 127. The van der Waals surface area contributed by atoms with Crippen LogP contribution < -0.4 is 14.9 Å². The molecule has 0 fully saturated rings. The fourth-order valence-electron chi connectivity index (χ4n) is 2.15. The Morgan fingerprint density at radius 1 is 1.19 bits per heavy atom. The highest BCUT2D eigenvalue weighted by Crippen LogP contribution is 2.29. The van der Waals surface area contributed by atoms with E-state index >= 15 is 0 Å². The average Bonchev–Trinajstić information content (AvgIpc) is 2.63. The third kappa shape index (κ3) is 6.95. The number of rotatable bonds is 8. The third-order valence-corrected chi connectivity index (χ3v) is 4.95. The second-order valence-electron chi connectivity index (χ2n) is 6.05. The normalized spacial score (nSPS) is 11.0. The molecule has 0 saturated carbocycles. The zero-order valence-corrected chi connectivity index (χ0v) is 19.8. The number of hydrogen-bond donors (Lipinski definition) is 1. The SMILES string of the molecule is CCCOc1ccc(C(=O)N/N=C\c2cc(I)c(OC(C)C)c(I)c2)cc1. The topological polar surface area (TPSA) is 59.9 Å². The van der Waals surface area contributed by atoms with Gasteiger partial charge in [-0.05, 0) is 107 Å². The first-order valence-electron chi connectivity index (χ1n) is 8.62. The predicted molar refractivity (Wildman–Crippen MR) is 125 cm³/mol. The fourth-order valence-corrected chi connectivity index (χ4v) is 4.23. The number of carbonyl (C=O) groups excluding carboxylic acids is 1. The number of halogens is 2. The van der Waals surface area contributed by atoms with Gasteiger partial charge >= 0.3 is 0 Å². The van der Waals surface area contributed by atoms with E-state index in [4.69, 9.17) is 9.47 Å². The van der Waals surface area contributed by atoms with Gasteiger partial charge in [-0.15, -0.1) is 0 Å². The Kier molecular flexibility index (Phi) is 8.81. The third-order valence-electron chi connectivity index (χ3n) is 3.34. The van der Waals surface area contributed by atoms with Crippen LogP contribution in [0.4, 0.5) is 0 Å². The molecule has 0 aromatic heterocycles. The van der Waals surface area contributed by atoms with Crippen molar-refractivity contribution in [2.75, 3.05) is 6.61 Å². The highest BCUT2D eigenvalue weighted by Gasteiger charge is 2.10. The van der Waals surface area contributed by atoms with Gasteiger partial charge in [0.15, 0.2) is 0 Å². The van der Waals surface area contributed by atoms with Crippen molar-refractivity contribution in [1.29, 1.82) is 0 Å². The summed E-state index contributed by atoms with van der Waals surface area (Å²) in [5, 5.41) is 4.06. The van der Waals surface area contributed by atoms with Crippen molar-refractivity contribution in [3.05, 3.63) is 54.7 Å². The van der Waals surface area contributed by atoms with Crippen LogP contribution in [0.25, 0.3) is 0 Å². The van der Waals surface area contributed by atoms with Gasteiger partial charge in [0, 0.05) is 5.56 Å². The molecule has 0 bridgehead atoms. The van der Waals surface area contributed by atoms with Crippen molar-refractivity contribution in [3.8, 4) is 11.5 Å². The standard InChI is InChI=1S/C20H22I2N2O3/c1-4-9-26-16-7-5-15(6-8-16)20(25)24-23-12-14-10-17(21)19(18(22)11-14)27-13(2)3/h5-8,10-13H,4,9H2,1-3H3,(H,24,25)/b23-12-. The molecule has 27 heavy (non-hydrogen) atoms. The monoisotopic (exact) mass is 592 g/mol. The molecule has 0 unspecified atom stereocenters. The second kappa shape index (κ2) is 10.8. The number of hydrogen-bond acceptors (Lipinski definition) is 4. The molecule has 0 aliphatic heterocycles. The lowest BCUT2D eigenvalue weighted by Gasteiger charge is -2.14. The molecule has 2 aromatic rings. The van der Waals surface area contributed by atoms with Crippen LogP contribution in [-0.2, 0) is 0 Å². The number of amides is 1. The van der Waals surface area contributed by atoms with Gasteiger partial charge in [0.25, 0.3) is 5.91 Å². The Morgan fingerprint density at radius 2 is 1.81 bits per heavy atom. The van der Waals surface area contributed by atoms with E-state index < -0.39 is 0 Å². The predicted octanol–water partition coefficient (Wildman–Crippen LogP) is 5.24. The molecule has 0 spiro atoms. The maximum atomic E-state index is 12.2. The van der Waals surface area contributed by atoms with Gasteiger partial charge in [0.1, 0.15) is 11.5 Å². The van der Waals surface area contributed by atoms with Gasteiger partial charge < -0.3 is 9.47 Å². The summed E-state index contributed by atoms with van der Waals surface area (Å²) in [6.07, 6.45) is 2.68. The molecule has 2 rings (SSSR count). The summed E-state index contributed by atoms with van der Waals surface area (Å²) < 4.78 is 13.3. The fraction of sp³-hybridized carbons (Fsp3) is 0.300. The Labute approximate surface area is 187 Å². The van der Waals surface area contributed by atoms with E-state index in [9.17, 15) is 4.79 Å². The average molecular weight is 592 g/mol. The van der Waals surface area contributed by atoms with E-state index in [1.807, 2.05) is 32.9 Å². The molecule has 0 saturated heterocycles. The largest absolute Gasteiger partial charge is 0.494 e. The van der Waals surface area contributed by atoms with E-state index in [1.54, 1.807) is 30.5 Å². The van der Waals surface area contributed by atoms with Gasteiger partial charge in [-0.1, -0.05) is 6.92 Å². The van der Waals surface area contributed by atoms with E-state index in [1.165, 1.54) is 0 Å². The van der Waals surface area contributed by atoms with Gasteiger partial charge in [-0.3, -0.25) is 4.79 Å². The minimum Gasteiger partial charge on any atom is -0.494 e. The lowest BCUT2D eigenvalue weighted by atomic mass is 10.2. The summed E-state index contributed by atoms with van der Waals surface area (Å²) in [5.41, 5.74) is 3.97. The number of benzene rings is 2. The maximum Gasteiger partial charge on any atom is 0.271 e. The summed E-state index contributed by atoms with van der Waals surface area (Å²) in [6, 6.07) is 10.9. The molecule has 0 radical (unpaired) electrons. The minimum absolute atomic E-state index is 0.115. The molecular weight excluding hydrogens is 570 g/mol. The summed E-state index contributed by atoms with van der Waals surface area (Å²) in [5.74, 6) is 1.36. The van der Waals surface area contributed by atoms with Crippen molar-refractivity contribution < 1.29 is 14.3 Å². The summed E-state index contributed by atoms with van der Waals surface area (Å²) in [6.45, 7) is 6.71. The first kappa shape index (κ1) is 21.9. The summed E-state index contributed by atoms with van der Waals surface area (Å²) in [7, 11) is 0. The van der Waals surface area contributed by atoms with E-state index in [0.717, 1.165) is 30.6 Å². The first-order valence-corrected chi connectivity index (χ1v) is 10.8. The zero-order valence-electron chi connectivity index (χ0n) is 15.5. The number of hydrazone groups is 1. The van der Waals surface area contributed by atoms with Gasteiger partial charge in [0.2, 0.25) is 0 Å². The molecule has 0 aliphatic rings. The Morgan fingerprint density at radius 3 is 2.37 bits per heavy atom. The number of carbonyl (C=O) groups is 1. The molecule has 1 amide bonds.